The Morgan fingerprint density at radius 1 is 1.11 bits per heavy atom. The maximum absolute atomic E-state index is 11.9. The van der Waals surface area contributed by atoms with E-state index in [0.29, 0.717) is 0 Å². The highest BCUT2D eigenvalue weighted by Gasteiger charge is 2.18. The molecule has 2 aromatic rings. The molecule has 0 aliphatic heterocycles. The van der Waals surface area contributed by atoms with Crippen molar-refractivity contribution in [1.82, 2.24) is 0 Å². The normalized spacial score (nSPS) is 9.96. The highest BCUT2D eigenvalue weighted by atomic mass is 16.6. The van der Waals surface area contributed by atoms with Crippen LogP contribution in [0.4, 0.5) is 11.4 Å². The molecule has 0 aromatic heterocycles. The van der Waals surface area contributed by atoms with Gasteiger partial charge in [0, 0.05) is 5.56 Å². The van der Waals surface area contributed by atoms with Crippen molar-refractivity contribution < 1.29 is 28.8 Å². The SMILES string of the molecule is COc1ccc(NC(=O)COC(=O)c2ccc(C(N)=O)cc2)c([N+](=O)[O-])c1. The number of hydrogen-bond acceptors (Lipinski definition) is 7. The summed E-state index contributed by atoms with van der Waals surface area (Å²) in [6.07, 6.45) is 0. The molecule has 2 amide bonds. The smallest absolute Gasteiger partial charge is 0.338 e. The second-order valence-corrected chi connectivity index (χ2v) is 5.21. The third kappa shape index (κ3) is 5.01. The lowest BCUT2D eigenvalue weighted by Gasteiger charge is -2.08. The molecule has 10 nitrogen and oxygen atoms in total. The van der Waals surface area contributed by atoms with Crippen molar-refractivity contribution in [2.24, 2.45) is 5.73 Å². The Kier molecular flexibility index (Phi) is 6.05. The van der Waals surface area contributed by atoms with Gasteiger partial charge >= 0.3 is 5.97 Å². The van der Waals surface area contributed by atoms with Gasteiger partial charge in [0.2, 0.25) is 5.91 Å². The van der Waals surface area contributed by atoms with Crippen molar-refractivity contribution in [3.8, 4) is 5.75 Å². The number of amides is 2. The average molecular weight is 373 g/mol. The molecule has 3 N–H and O–H groups in total. The molecular weight excluding hydrogens is 358 g/mol. The van der Waals surface area contributed by atoms with E-state index >= 15 is 0 Å². The van der Waals surface area contributed by atoms with Gasteiger partial charge in [0.15, 0.2) is 6.61 Å². The van der Waals surface area contributed by atoms with Gasteiger partial charge in [0.25, 0.3) is 11.6 Å². The lowest BCUT2D eigenvalue weighted by atomic mass is 10.1. The average Bonchev–Trinajstić information content (AvgIpc) is 2.66. The largest absolute Gasteiger partial charge is 0.496 e. The van der Waals surface area contributed by atoms with E-state index in [1.54, 1.807) is 0 Å². The number of benzene rings is 2. The van der Waals surface area contributed by atoms with Gasteiger partial charge in [0.1, 0.15) is 11.4 Å². The summed E-state index contributed by atoms with van der Waals surface area (Å²) in [6, 6.07) is 9.25. The molecule has 0 saturated heterocycles. The maximum atomic E-state index is 11.9. The monoisotopic (exact) mass is 373 g/mol. The summed E-state index contributed by atoms with van der Waals surface area (Å²) in [6.45, 7) is -0.653. The van der Waals surface area contributed by atoms with Crippen LogP contribution in [0.15, 0.2) is 42.5 Å². The first-order valence-corrected chi connectivity index (χ1v) is 7.51. The van der Waals surface area contributed by atoms with Gasteiger partial charge in [-0.2, -0.15) is 0 Å². The summed E-state index contributed by atoms with van der Waals surface area (Å²) in [5, 5.41) is 13.4. The third-order valence-electron chi connectivity index (χ3n) is 3.42. The van der Waals surface area contributed by atoms with Crippen molar-refractivity contribution in [2.45, 2.75) is 0 Å². The van der Waals surface area contributed by atoms with Crippen molar-refractivity contribution in [3.05, 3.63) is 63.7 Å². The number of nitrogens with two attached hydrogens (primary N) is 1. The van der Waals surface area contributed by atoms with E-state index in [9.17, 15) is 24.5 Å². The fourth-order valence-corrected chi connectivity index (χ4v) is 2.07. The quantitative estimate of drug-likeness (QED) is 0.424. The Bertz CT molecular complexity index is 894. The van der Waals surface area contributed by atoms with Gasteiger partial charge < -0.3 is 20.5 Å². The zero-order chi connectivity index (χ0) is 20.0. The Labute approximate surface area is 153 Å². The van der Waals surface area contributed by atoms with E-state index in [1.807, 2.05) is 0 Å². The van der Waals surface area contributed by atoms with E-state index in [-0.39, 0.29) is 28.3 Å². The van der Waals surface area contributed by atoms with E-state index in [2.05, 4.69) is 5.32 Å². The predicted octanol–water partition coefficient (Wildman–Crippen LogP) is 1.50. The number of primary amides is 1. The molecule has 2 aromatic carbocycles. The first kappa shape index (κ1) is 19.4. The molecule has 140 valence electrons. The molecule has 0 radical (unpaired) electrons. The van der Waals surface area contributed by atoms with Gasteiger partial charge in [0.05, 0.1) is 23.7 Å². The molecule has 0 fully saturated rings. The Hall–Kier alpha value is -3.95. The number of nitrogens with zero attached hydrogens (tertiary/aromatic N) is 1. The third-order valence-corrected chi connectivity index (χ3v) is 3.42. The van der Waals surface area contributed by atoms with Crippen molar-refractivity contribution in [2.75, 3.05) is 19.0 Å². The Balaban J connectivity index is 1.99. The molecule has 0 spiro atoms. The number of carbonyl (C=O) groups is 3. The van der Waals surface area contributed by atoms with Crippen LogP contribution in [-0.4, -0.2) is 36.4 Å². The zero-order valence-electron chi connectivity index (χ0n) is 14.1. The van der Waals surface area contributed by atoms with Crippen LogP contribution >= 0.6 is 0 Å². The van der Waals surface area contributed by atoms with E-state index in [4.69, 9.17) is 15.2 Å². The number of rotatable bonds is 7. The van der Waals surface area contributed by atoms with Crippen LogP contribution in [0.25, 0.3) is 0 Å². The minimum Gasteiger partial charge on any atom is -0.496 e. The molecule has 0 atom stereocenters. The summed E-state index contributed by atoms with van der Waals surface area (Å²) >= 11 is 0. The second kappa shape index (κ2) is 8.43. The van der Waals surface area contributed by atoms with Crippen LogP contribution < -0.4 is 15.8 Å². The second-order valence-electron chi connectivity index (χ2n) is 5.21. The molecule has 0 saturated carbocycles. The topological polar surface area (TPSA) is 151 Å². The van der Waals surface area contributed by atoms with Crippen molar-refractivity contribution in [1.29, 1.82) is 0 Å². The summed E-state index contributed by atoms with van der Waals surface area (Å²) in [4.78, 5) is 45.2. The fraction of sp³-hybridized carbons (Fsp3) is 0.118. The number of esters is 1. The van der Waals surface area contributed by atoms with Crippen LogP contribution in [0, 0.1) is 10.1 Å². The standard InChI is InChI=1S/C17H15N3O7/c1-26-12-6-7-13(14(8-12)20(24)25)19-15(21)9-27-17(23)11-4-2-10(3-5-11)16(18)22/h2-8H,9H2,1H3,(H2,18,22)(H,19,21). The molecule has 10 heteroatoms. The number of hydrogen-bond donors (Lipinski definition) is 2. The zero-order valence-corrected chi connectivity index (χ0v) is 14.1. The van der Waals surface area contributed by atoms with Gasteiger partial charge in [-0.1, -0.05) is 0 Å². The highest BCUT2D eigenvalue weighted by molar-refractivity contribution is 5.98. The minimum absolute atomic E-state index is 0.0624. The number of ether oxygens (including phenoxy) is 2. The van der Waals surface area contributed by atoms with E-state index in [0.717, 1.165) is 6.07 Å². The summed E-state index contributed by atoms with van der Waals surface area (Å²) in [5.41, 5.74) is 5.01. The Morgan fingerprint density at radius 3 is 2.30 bits per heavy atom. The van der Waals surface area contributed by atoms with Gasteiger partial charge in [-0.15, -0.1) is 0 Å². The van der Waals surface area contributed by atoms with Crippen molar-refractivity contribution in [3.63, 3.8) is 0 Å². The van der Waals surface area contributed by atoms with E-state index in [1.165, 1.54) is 43.5 Å². The number of nitro groups is 1. The van der Waals surface area contributed by atoms with Gasteiger partial charge in [-0.05, 0) is 36.4 Å². The first-order chi connectivity index (χ1) is 12.8. The molecule has 27 heavy (non-hydrogen) atoms. The van der Waals surface area contributed by atoms with Crippen LogP contribution in [0.1, 0.15) is 20.7 Å². The van der Waals surface area contributed by atoms with E-state index < -0.39 is 29.3 Å². The number of carbonyl (C=O) groups excluding carboxylic acids is 3. The number of methoxy groups -OCH3 is 1. The molecular formula is C17H15N3O7. The molecule has 0 aliphatic rings. The highest BCUT2D eigenvalue weighted by Crippen LogP contribution is 2.28. The molecule has 0 unspecified atom stereocenters. The molecule has 2 rings (SSSR count). The number of nitro benzene ring substituents is 1. The molecule has 0 bridgehead atoms. The lowest BCUT2D eigenvalue weighted by Crippen LogP contribution is -2.21. The minimum atomic E-state index is -0.801. The predicted molar refractivity (Wildman–Crippen MR) is 93.5 cm³/mol. The number of anilines is 1. The fourth-order valence-electron chi connectivity index (χ4n) is 2.07. The lowest BCUT2D eigenvalue weighted by molar-refractivity contribution is -0.384. The maximum Gasteiger partial charge on any atom is 0.338 e. The van der Waals surface area contributed by atoms with Crippen LogP contribution in [-0.2, 0) is 9.53 Å². The summed E-state index contributed by atoms with van der Waals surface area (Å²) < 4.78 is 9.75. The van der Waals surface area contributed by atoms with Gasteiger partial charge in [-0.25, -0.2) is 4.79 Å². The van der Waals surface area contributed by atoms with Gasteiger partial charge in [-0.3, -0.25) is 19.7 Å². The van der Waals surface area contributed by atoms with Crippen molar-refractivity contribution >= 4 is 29.2 Å². The Morgan fingerprint density at radius 2 is 1.74 bits per heavy atom. The van der Waals surface area contributed by atoms with Crippen LogP contribution in [0.3, 0.4) is 0 Å². The first-order valence-electron chi connectivity index (χ1n) is 7.51. The van der Waals surface area contributed by atoms with Crippen LogP contribution in [0.2, 0.25) is 0 Å². The molecule has 0 heterocycles. The molecule has 0 aliphatic carbocycles. The summed E-state index contributed by atoms with van der Waals surface area (Å²) in [7, 11) is 1.35. The van der Waals surface area contributed by atoms with Crippen LogP contribution in [0.5, 0.6) is 5.75 Å². The summed E-state index contributed by atoms with van der Waals surface area (Å²) in [5.74, 6) is -1.95. The number of nitrogens with one attached hydrogen (secondary N) is 1.